The maximum absolute atomic E-state index is 13.5. The molecule has 0 unspecified atom stereocenters. The third-order valence-electron chi connectivity index (χ3n) is 6.86. The van der Waals surface area contributed by atoms with Gasteiger partial charge in [-0.2, -0.15) is 0 Å². The van der Waals surface area contributed by atoms with Gasteiger partial charge < -0.3 is 30.5 Å². The minimum Gasteiger partial charge on any atom is -0.0312 e. The summed E-state index contributed by atoms with van der Waals surface area (Å²) in [5.74, 6) is -2.18. The van der Waals surface area contributed by atoms with Crippen molar-refractivity contribution < 1.29 is 78.4 Å². The molecule has 4 atom stereocenters. The molecule has 0 aliphatic heterocycles. The summed E-state index contributed by atoms with van der Waals surface area (Å²) in [6.45, 7) is 8.78. The zero-order valence-electron chi connectivity index (χ0n) is 30.3. The Bertz CT molecular complexity index is 1500. The zero-order chi connectivity index (χ0) is 40.7. The average molecular weight is 901 g/mol. The number of carbonyl (C=O) groups excluding carboxylic acids is 4. The number of hydrogen-bond donors (Lipinski definition) is 4. The van der Waals surface area contributed by atoms with E-state index >= 15 is 0 Å². The number of hydrogen-bond acceptors (Lipinski definition) is 7. The number of phenols is 1. The van der Waals surface area contributed by atoms with Crippen molar-refractivity contribution in [1.29, 1.82) is 0 Å². The Morgan fingerprint density at radius 3 is 1.74 bits per heavy atom. The summed E-state index contributed by atoms with van der Waals surface area (Å²) < 4.78 is 69.4. The summed E-state index contributed by atoms with van der Waals surface area (Å²) in [6, 6.07) is 9.97. The van der Waals surface area contributed by atoms with Crippen LogP contribution in [-0.4, -0.2) is 59.8 Å². The van der Waals surface area contributed by atoms with Crippen LogP contribution in [0.5, 0.6) is 5.75 Å². The Hall–Kier alpha value is -3.16. The third kappa shape index (κ3) is 25.0. The van der Waals surface area contributed by atoms with Gasteiger partial charge in [0.2, 0.25) is 11.8 Å². The quantitative estimate of drug-likeness (QED) is 0.0727. The molecule has 0 heterocycles. The van der Waals surface area contributed by atoms with E-state index in [0.29, 0.717) is 17.0 Å². The molecule has 3 amide bonds. The van der Waals surface area contributed by atoms with Gasteiger partial charge in [0.15, 0.2) is 0 Å². The molecule has 5 radical (unpaired) electrons. The molecule has 1 aliphatic rings. The van der Waals surface area contributed by atoms with Gasteiger partial charge in [-0.3, -0.25) is 9.59 Å². The van der Waals surface area contributed by atoms with Gasteiger partial charge in [-0.15, -0.1) is 0 Å². The maximum Gasteiger partial charge on any atom is 2.00 e. The van der Waals surface area contributed by atoms with E-state index < -0.39 is 55.4 Å². The number of halogens is 7. The standard InChI is InChI=1S/C30H40ClN3O7.C5H5.F6P.Ru/c1-7-18(2)25(27(37)32-24(28(38)40-6)17-20-9-8-10-22(35)15-20)34-26(36)23(33-29(39)41-30(3,4)5)16-19-11-13-21(31)14-12-19;1-2-4-5-3-1;1-7(2,3,4,5)6;/h8-15,18,23-25,35H,7,16-17H2,1-6H3,(H,32,37)(H,33,39)(H,34,36);1-5H;;/q;;-1;+2/t18-,23-,24-,25-;;;/m0.../s1. The average Bonchev–Trinajstić information content (AvgIpc) is 3.61. The monoisotopic (exact) mass is 901 g/mol. The van der Waals surface area contributed by atoms with Crippen LogP contribution < -0.4 is 16.0 Å². The van der Waals surface area contributed by atoms with Crippen LogP contribution in [0.25, 0.3) is 0 Å². The van der Waals surface area contributed by atoms with E-state index in [1.54, 1.807) is 64.1 Å². The second kappa shape index (κ2) is 21.2. The molecule has 1 fully saturated rings. The normalized spacial score (nSPS) is 15.9. The largest absolute Gasteiger partial charge is 2.00 e. The summed E-state index contributed by atoms with van der Waals surface area (Å²) in [5, 5.41) is 18.4. The van der Waals surface area contributed by atoms with Gasteiger partial charge in [-0.1, -0.05) is 56.1 Å². The number of methoxy groups -OCH3 is 1. The molecule has 0 saturated heterocycles. The van der Waals surface area contributed by atoms with E-state index in [1.807, 2.05) is 39.0 Å². The Balaban J connectivity index is 0.00000183. The number of esters is 1. The molecule has 2 aromatic carbocycles. The molecule has 0 spiro atoms. The molecule has 19 heteroatoms. The summed E-state index contributed by atoms with van der Waals surface area (Å²) in [6.07, 6.45) is 9.93. The van der Waals surface area contributed by atoms with Crippen LogP contribution in [0, 0.1) is 38.0 Å². The van der Waals surface area contributed by atoms with E-state index in [-0.39, 0.29) is 44.0 Å². The Kier molecular flexibility index (Phi) is 20.0. The first-order chi connectivity index (χ1) is 24.2. The van der Waals surface area contributed by atoms with Crippen LogP contribution in [0.15, 0.2) is 48.5 Å². The van der Waals surface area contributed by atoms with Crippen LogP contribution in [-0.2, 0) is 56.2 Å². The predicted octanol–water partition coefficient (Wildman–Crippen LogP) is 8.31. The maximum atomic E-state index is 13.5. The number of phenolic OH excluding ortho intramolecular Hbond substituents is 1. The van der Waals surface area contributed by atoms with Gasteiger partial charge >= 0.3 is 64.5 Å². The smallest absolute Gasteiger partial charge is 0.0312 e. The first-order valence-corrected chi connectivity index (χ1v) is 18.5. The first-order valence-electron chi connectivity index (χ1n) is 16.1. The SMILES string of the molecule is CC[C@H](C)[C@H](NC(=O)[C@H](Cc1ccc(Cl)cc1)NC(=O)OC(C)(C)C)C(=O)N[C@@H](Cc1cccc(O)c1)C(=O)OC.F[P-](F)(F)(F)(F)F.[CH]1[CH][CH][CH][CH]1.[Ru+2]. The van der Waals surface area contributed by atoms with Gasteiger partial charge in [0, 0.05) is 17.9 Å². The molecule has 2 aromatic rings. The number of carbonyl (C=O) groups is 4. The van der Waals surface area contributed by atoms with Crippen molar-refractivity contribution in [2.75, 3.05) is 7.11 Å². The molecule has 4 N–H and O–H groups in total. The minimum atomic E-state index is -10.7. The molecule has 3 rings (SSSR count). The number of nitrogens with one attached hydrogen (secondary N) is 3. The number of aromatic hydroxyl groups is 1. The molecule has 303 valence electrons. The number of ether oxygens (including phenoxy) is 2. The van der Waals surface area contributed by atoms with E-state index in [2.05, 4.69) is 16.0 Å². The number of benzene rings is 2. The van der Waals surface area contributed by atoms with Gasteiger partial charge in [-0.05, 0) is 94.2 Å². The Morgan fingerprint density at radius 2 is 1.30 bits per heavy atom. The molecular weight excluding hydrogens is 856 g/mol. The molecule has 0 aromatic heterocycles. The van der Waals surface area contributed by atoms with Crippen molar-refractivity contribution in [3.63, 3.8) is 0 Å². The summed E-state index contributed by atoms with van der Waals surface area (Å²) >= 11 is 6.00. The van der Waals surface area contributed by atoms with Crippen LogP contribution in [0.2, 0.25) is 5.02 Å². The zero-order valence-corrected chi connectivity index (χ0v) is 33.7. The third-order valence-corrected chi connectivity index (χ3v) is 7.11. The van der Waals surface area contributed by atoms with Crippen LogP contribution in [0.4, 0.5) is 30.0 Å². The summed E-state index contributed by atoms with van der Waals surface area (Å²) in [7, 11) is -9.45. The summed E-state index contributed by atoms with van der Waals surface area (Å²) in [4.78, 5) is 52.2. The van der Waals surface area contributed by atoms with Crippen LogP contribution >= 0.6 is 19.4 Å². The van der Waals surface area contributed by atoms with E-state index in [4.69, 9.17) is 21.1 Å². The molecule has 0 bridgehead atoms. The second-order valence-electron chi connectivity index (χ2n) is 12.8. The fourth-order valence-electron chi connectivity index (χ4n) is 4.31. The van der Waals surface area contributed by atoms with Gasteiger partial charge in [0.25, 0.3) is 0 Å². The van der Waals surface area contributed by atoms with Crippen LogP contribution in [0.1, 0.15) is 52.2 Å². The van der Waals surface area contributed by atoms with Crippen molar-refractivity contribution in [2.45, 2.75) is 77.6 Å². The van der Waals surface area contributed by atoms with Crippen molar-refractivity contribution in [1.82, 2.24) is 16.0 Å². The van der Waals surface area contributed by atoms with E-state index in [0.717, 1.165) is 5.56 Å². The Labute approximate surface area is 329 Å². The van der Waals surface area contributed by atoms with Crippen molar-refractivity contribution in [3.05, 3.63) is 96.8 Å². The fraction of sp³-hybridized carbons (Fsp3) is 0.400. The number of rotatable bonds is 12. The topological polar surface area (TPSA) is 143 Å². The molecule has 1 aliphatic carbocycles. The summed E-state index contributed by atoms with van der Waals surface area (Å²) in [5.41, 5.74) is 0.546. The van der Waals surface area contributed by atoms with E-state index in [1.165, 1.54) is 19.2 Å². The predicted molar refractivity (Wildman–Crippen MR) is 191 cm³/mol. The molecule has 10 nitrogen and oxygen atoms in total. The van der Waals surface area contributed by atoms with Crippen molar-refractivity contribution >= 4 is 43.3 Å². The van der Waals surface area contributed by atoms with Gasteiger partial charge in [0.05, 0.1) is 7.11 Å². The number of amides is 3. The molecular formula is C35H45ClF6N3O7PRu+. The van der Waals surface area contributed by atoms with E-state index in [9.17, 15) is 49.5 Å². The number of alkyl carbamates (subject to hydrolysis) is 1. The second-order valence-corrected chi connectivity index (χ2v) is 15.1. The molecule has 54 heavy (non-hydrogen) atoms. The van der Waals surface area contributed by atoms with Crippen molar-refractivity contribution in [2.24, 2.45) is 5.92 Å². The first kappa shape index (κ1) is 50.8. The van der Waals surface area contributed by atoms with Crippen LogP contribution in [0.3, 0.4) is 0 Å². The van der Waals surface area contributed by atoms with Gasteiger partial charge in [0.1, 0.15) is 29.5 Å². The fourth-order valence-corrected chi connectivity index (χ4v) is 4.43. The Morgan fingerprint density at radius 1 is 0.796 bits per heavy atom. The molecule has 1 saturated carbocycles. The van der Waals surface area contributed by atoms with Crippen molar-refractivity contribution in [3.8, 4) is 5.75 Å². The van der Waals surface area contributed by atoms with Gasteiger partial charge in [-0.25, -0.2) is 9.59 Å². The minimum absolute atomic E-state index is 0.